The third-order valence-electron chi connectivity index (χ3n) is 4.58. The molecule has 1 fully saturated rings. The number of aryl methyl sites for hydroxylation is 1. The van der Waals surface area contributed by atoms with Crippen molar-refractivity contribution in [3.8, 4) is 5.69 Å². The van der Waals surface area contributed by atoms with E-state index in [9.17, 15) is 0 Å². The van der Waals surface area contributed by atoms with E-state index in [-0.39, 0.29) is 0 Å². The van der Waals surface area contributed by atoms with E-state index in [0.717, 1.165) is 18.9 Å². The smallest absolute Gasteiger partial charge is 0.110 e. The van der Waals surface area contributed by atoms with Crippen LogP contribution in [0.5, 0.6) is 0 Å². The Morgan fingerprint density at radius 2 is 2.10 bits per heavy atom. The Morgan fingerprint density at radius 1 is 1.24 bits per heavy atom. The number of imidazole rings is 1. The van der Waals surface area contributed by atoms with E-state index in [1.807, 2.05) is 19.3 Å². The Morgan fingerprint density at radius 3 is 2.86 bits per heavy atom. The van der Waals surface area contributed by atoms with Gasteiger partial charge in [0, 0.05) is 35.2 Å². The Labute approximate surface area is 124 Å². The molecule has 3 aromatic rings. The zero-order valence-electron chi connectivity index (χ0n) is 12.3. The summed E-state index contributed by atoms with van der Waals surface area (Å²) in [6, 6.07) is 6.62. The molecule has 0 radical (unpaired) electrons. The number of aromatic nitrogens is 3. The van der Waals surface area contributed by atoms with Gasteiger partial charge in [-0.2, -0.15) is 0 Å². The Bertz CT molecular complexity index is 762. The second kappa shape index (κ2) is 5.04. The summed E-state index contributed by atoms with van der Waals surface area (Å²) in [4.78, 5) is 7.75. The molecule has 21 heavy (non-hydrogen) atoms. The maximum Gasteiger partial charge on any atom is 0.110 e. The van der Waals surface area contributed by atoms with Gasteiger partial charge in [0.2, 0.25) is 0 Å². The zero-order valence-corrected chi connectivity index (χ0v) is 12.3. The van der Waals surface area contributed by atoms with E-state index in [4.69, 9.17) is 0 Å². The lowest BCUT2D eigenvalue weighted by Crippen LogP contribution is -2.26. The molecule has 0 saturated carbocycles. The predicted molar refractivity (Wildman–Crippen MR) is 85.0 cm³/mol. The van der Waals surface area contributed by atoms with Crippen LogP contribution in [-0.2, 0) is 0 Å². The van der Waals surface area contributed by atoms with Crippen molar-refractivity contribution in [2.45, 2.75) is 25.7 Å². The number of hydrogen-bond acceptors (Lipinski definition) is 2. The molecule has 1 saturated heterocycles. The van der Waals surface area contributed by atoms with Crippen molar-refractivity contribution < 1.29 is 0 Å². The van der Waals surface area contributed by atoms with Crippen LogP contribution in [-0.4, -0.2) is 27.6 Å². The van der Waals surface area contributed by atoms with Gasteiger partial charge in [-0.25, -0.2) is 4.98 Å². The molecule has 4 heteroatoms. The van der Waals surface area contributed by atoms with Crippen molar-refractivity contribution in [3.63, 3.8) is 0 Å². The molecular weight excluding hydrogens is 260 g/mol. The van der Waals surface area contributed by atoms with Gasteiger partial charge >= 0.3 is 0 Å². The van der Waals surface area contributed by atoms with Gasteiger partial charge in [-0.15, -0.1) is 0 Å². The van der Waals surface area contributed by atoms with Gasteiger partial charge in [-0.1, -0.05) is 0 Å². The minimum absolute atomic E-state index is 0.666. The average molecular weight is 280 g/mol. The summed E-state index contributed by atoms with van der Waals surface area (Å²) in [6.07, 6.45) is 8.52. The molecule has 0 unspecified atom stereocenters. The molecule has 4 rings (SSSR count). The molecule has 4 nitrogen and oxygen atoms in total. The molecule has 0 spiro atoms. The van der Waals surface area contributed by atoms with Crippen molar-refractivity contribution in [2.24, 2.45) is 0 Å². The highest BCUT2D eigenvalue weighted by atomic mass is 15.1. The van der Waals surface area contributed by atoms with E-state index >= 15 is 0 Å². The molecule has 0 atom stereocenters. The van der Waals surface area contributed by atoms with E-state index in [1.165, 1.54) is 35.0 Å². The van der Waals surface area contributed by atoms with Crippen LogP contribution in [0.4, 0.5) is 0 Å². The zero-order chi connectivity index (χ0) is 14.2. The van der Waals surface area contributed by atoms with Crippen LogP contribution in [0.25, 0.3) is 16.6 Å². The van der Waals surface area contributed by atoms with Crippen LogP contribution in [0, 0.1) is 6.92 Å². The first-order valence-electron chi connectivity index (χ1n) is 7.65. The third-order valence-corrected chi connectivity index (χ3v) is 4.58. The first-order chi connectivity index (χ1) is 10.3. The maximum absolute atomic E-state index is 4.32. The van der Waals surface area contributed by atoms with Gasteiger partial charge in [0.1, 0.15) is 5.82 Å². The Hall–Kier alpha value is -2.07. The summed E-state index contributed by atoms with van der Waals surface area (Å²) in [7, 11) is 0. The number of aromatic amines is 1. The molecule has 1 aromatic carbocycles. The van der Waals surface area contributed by atoms with Gasteiger partial charge in [0.25, 0.3) is 0 Å². The van der Waals surface area contributed by atoms with Crippen molar-refractivity contribution in [1.82, 2.24) is 19.9 Å². The predicted octanol–water partition coefficient (Wildman–Crippen LogP) is 3.13. The first-order valence-corrected chi connectivity index (χ1v) is 7.65. The van der Waals surface area contributed by atoms with Crippen molar-refractivity contribution in [2.75, 3.05) is 13.1 Å². The third kappa shape index (κ3) is 2.16. The lowest BCUT2D eigenvalue weighted by atomic mass is 9.90. The standard InChI is InChI=1S/C17H20N4/c1-12-19-8-9-21(12)14-2-3-17-15(10-14)16(11-20-17)13-4-6-18-7-5-13/h2-3,8-11,13,18,20H,4-7H2,1H3. The lowest BCUT2D eigenvalue weighted by molar-refractivity contribution is 0.462. The molecule has 1 aliphatic rings. The quantitative estimate of drug-likeness (QED) is 0.757. The summed E-state index contributed by atoms with van der Waals surface area (Å²) in [5.41, 5.74) is 3.88. The highest BCUT2D eigenvalue weighted by Crippen LogP contribution is 2.32. The van der Waals surface area contributed by atoms with Crippen LogP contribution in [0.1, 0.15) is 30.1 Å². The van der Waals surface area contributed by atoms with Gasteiger partial charge in [0.15, 0.2) is 0 Å². The fourth-order valence-electron chi connectivity index (χ4n) is 3.40. The van der Waals surface area contributed by atoms with Gasteiger partial charge in [0.05, 0.1) is 0 Å². The molecule has 2 N–H and O–H groups in total. The second-order valence-electron chi connectivity index (χ2n) is 5.84. The lowest BCUT2D eigenvalue weighted by Gasteiger charge is -2.22. The number of piperidine rings is 1. The van der Waals surface area contributed by atoms with Crippen LogP contribution in [0.3, 0.4) is 0 Å². The van der Waals surface area contributed by atoms with Gasteiger partial charge < -0.3 is 14.9 Å². The number of benzene rings is 1. The first kappa shape index (κ1) is 12.7. The second-order valence-corrected chi connectivity index (χ2v) is 5.84. The minimum Gasteiger partial charge on any atom is -0.361 e. The Kier molecular flexibility index (Phi) is 3.04. The van der Waals surface area contributed by atoms with Crippen molar-refractivity contribution >= 4 is 10.9 Å². The number of nitrogens with one attached hydrogen (secondary N) is 2. The summed E-state index contributed by atoms with van der Waals surface area (Å²) in [5, 5.41) is 4.80. The maximum atomic E-state index is 4.32. The minimum atomic E-state index is 0.666. The van der Waals surface area contributed by atoms with E-state index in [1.54, 1.807) is 0 Å². The number of hydrogen-bond donors (Lipinski definition) is 2. The van der Waals surface area contributed by atoms with Crippen molar-refractivity contribution in [1.29, 1.82) is 0 Å². The number of rotatable bonds is 2. The van der Waals surface area contributed by atoms with Crippen LogP contribution >= 0.6 is 0 Å². The van der Waals surface area contributed by atoms with Gasteiger partial charge in [-0.3, -0.25) is 0 Å². The van der Waals surface area contributed by atoms with Gasteiger partial charge in [-0.05, 0) is 62.5 Å². The summed E-state index contributed by atoms with van der Waals surface area (Å²) < 4.78 is 2.14. The van der Waals surface area contributed by atoms with Crippen LogP contribution < -0.4 is 5.32 Å². The molecular formula is C17H20N4. The normalized spacial score (nSPS) is 16.6. The fourth-order valence-corrected chi connectivity index (χ4v) is 3.40. The molecule has 3 heterocycles. The average Bonchev–Trinajstić information content (AvgIpc) is 3.13. The summed E-state index contributed by atoms with van der Waals surface area (Å²) >= 11 is 0. The monoisotopic (exact) mass is 280 g/mol. The SMILES string of the molecule is Cc1nccn1-c1ccc2[nH]cc(C3CCNCC3)c2c1. The number of H-pyrrole nitrogens is 1. The Balaban J connectivity index is 1.80. The van der Waals surface area contributed by atoms with E-state index in [0.29, 0.717) is 5.92 Å². The van der Waals surface area contributed by atoms with Crippen LogP contribution in [0.15, 0.2) is 36.8 Å². The topological polar surface area (TPSA) is 45.6 Å². The summed E-state index contributed by atoms with van der Waals surface area (Å²) in [5.74, 6) is 1.69. The molecule has 2 aromatic heterocycles. The van der Waals surface area contributed by atoms with E-state index < -0.39 is 0 Å². The van der Waals surface area contributed by atoms with E-state index in [2.05, 4.69) is 44.2 Å². The van der Waals surface area contributed by atoms with Crippen LogP contribution in [0.2, 0.25) is 0 Å². The molecule has 0 aliphatic carbocycles. The highest BCUT2D eigenvalue weighted by Gasteiger charge is 2.18. The van der Waals surface area contributed by atoms with Crippen molar-refractivity contribution in [3.05, 3.63) is 48.2 Å². The summed E-state index contributed by atoms with van der Waals surface area (Å²) in [6.45, 7) is 4.28. The highest BCUT2D eigenvalue weighted by molar-refractivity contribution is 5.85. The molecule has 1 aliphatic heterocycles. The molecule has 0 bridgehead atoms. The fraction of sp³-hybridized carbons (Fsp3) is 0.353. The molecule has 0 amide bonds. The largest absolute Gasteiger partial charge is 0.361 e. The molecule has 108 valence electrons. The number of nitrogens with zero attached hydrogens (tertiary/aromatic N) is 2. The number of fused-ring (bicyclic) bond motifs is 1.